The summed E-state index contributed by atoms with van der Waals surface area (Å²) in [6.07, 6.45) is 4.87. The fraction of sp³-hybridized carbons (Fsp3) is 0.312. The van der Waals surface area contributed by atoms with Crippen molar-refractivity contribution in [2.45, 2.75) is 24.9 Å². The second kappa shape index (κ2) is 5.02. The first-order valence-corrected chi connectivity index (χ1v) is 6.54. The van der Waals surface area contributed by atoms with Crippen molar-refractivity contribution >= 4 is 0 Å². The van der Waals surface area contributed by atoms with Crippen LogP contribution in [-0.2, 0) is 6.42 Å². The predicted molar refractivity (Wildman–Crippen MR) is 73.3 cm³/mol. The summed E-state index contributed by atoms with van der Waals surface area (Å²) in [6, 6.07) is 10.2. The summed E-state index contributed by atoms with van der Waals surface area (Å²) in [5, 5.41) is 10.6. The summed E-state index contributed by atoms with van der Waals surface area (Å²) in [5.41, 5.74) is 3.43. The fourth-order valence-electron chi connectivity index (χ4n) is 2.86. The molecule has 1 aliphatic carbocycles. The van der Waals surface area contributed by atoms with Gasteiger partial charge < -0.3 is 9.84 Å². The number of aryl methyl sites for hydroxylation is 1. The van der Waals surface area contributed by atoms with Crippen LogP contribution in [0.15, 0.2) is 42.7 Å². The Labute approximate surface area is 112 Å². The van der Waals surface area contributed by atoms with Gasteiger partial charge in [0, 0.05) is 17.7 Å². The van der Waals surface area contributed by atoms with Crippen LogP contribution in [0.2, 0.25) is 0 Å². The molecule has 0 radical (unpaired) electrons. The van der Waals surface area contributed by atoms with Crippen molar-refractivity contribution in [2.24, 2.45) is 0 Å². The van der Waals surface area contributed by atoms with Gasteiger partial charge in [-0.05, 0) is 30.0 Å². The van der Waals surface area contributed by atoms with Crippen LogP contribution in [0.4, 0.5) is 0 Å². The molecule has 3 heteroatoms. The fourth-order valence-corrected chi connectivity index (χ4v) is 2.86. The Balaban J connectivity index is 1.90. The summed E-state index contributed by atoms with van der Waals surface area (Å²) in [5.74, 6) is 0.841. The highest BCUT2D eigenvalue weighted by atomic mass is 16.5. The van der Waals surface area contributed by atoms with Gasteiger partial charge in [0.15, 0.2) is 0 Å². The van der Waals surface area contributed by atoms with Crippen molar-refractivity contribution in [1.29, 1.82) is 0 Å². The average Bonchev–Trinajstić information content (AvgIpc) is 2.90. The predicted octanol–water partition coefficient (Wildman–Crippen LogP) is 2.85. The zero-order chi connectivity index (χ0) is 13.2. The van der Waals surface area contributed by atoms with Crippen molar-refractivity contribution in [3.8, 4) is 5.75 Å². The highest BCUT2D eigenvalue weighted by Gasteiger charge is 2.29. The molecule has 1 aliphatic rings. The van der Waals surface area contributed by atoms with Crippen molar-refractivity contribution < 1.29 is 9.84 Å². The maximum Gasteiger partial charge on any atom is 0.137 e. The molecule has 3 nitrogen and oxygen atoms in total. The minimum atomic E-state index is -0.522. The number of benzene rings is 1. The Kier molecular flexibility index (Phi) is 3.22. The van der Waals surface area contributed by atoms with Gasteiger partial charge >= 0.3 is 0 Å². The topological polar surface area (TPSA) is 42.4 Å². The summed E-state index contributed by atoms with van der Waals surface area (Å²) in [7, 11) is 1.61. The van der Waals surface area contributed by atoms with Gasteiger partial charge in [-0.3, -0.25) is 4.98 Å². The maximum absolute atomic E-state index is 10.6. The van der Waals surface area contributed by atoms with Crippen LogP contribution in [0.3, 0.4) is 0 Å². The van der Waals surface area contributed by atoms with Crippen LogP contribution in [0, 0.1) is 0 Å². The third-order valence-electron chi connectivity index (χ3n) is 3.87. The minimum Gasteiger partial charge on any atom is -0.495 e. The van der Waals surface area contributed by atoms with E-state index >= 15 is 0 Å². The maximum atomic E-state index is 10.6. The second-order valence-electron chi connectivity index (χ2n) is 4.95. The van der Waals surface area contributed by atoms with Crippen LogP contribution in [0.1, 0.15) is 35.1 Å². The second-order valence-corrected chi connectivity index (χ2v) is 4.95. The van der Waals surface area contributed by atoms with E-state index in [1.54, 1.807) is 19.5 Å². The van der Waals surface area contributed by atoms with Gasteiger partial charge in [-0.1, -0.05) is 24.3 Å². The van der Waals surface area contributed by atoms with Gasteiger partial charge in [-0.25, -0.2) is 0 Å². The average molecular weight is 255 g/mol. The highest BCUT2D eigenvalue weighted by molar-refractivity contribution is 5.38. The Morgan fingerprint density at radius 2 is 2.16 bits per heavy atom. The molecule has 0 spiro atoms. The van der Waals surface area contributed by atoms with Crippen molar-refractivity contribution in [3.05, 3.63) is 59.4 Å². The molecule has 98 valence electrons. The molecule has 2 unspecified atom stereocenters. The molecule has 3 rings (SSSR count). The zero-order valence-corrected chi connectivity index (χ0v) is 10.9. The lowest BCUT2D eigenvalue weighted by Crippen LogP contribution is -2.08. The van der Waals surface area contributed by atoms with Gasteiger partial charge in [-0.15, -0.1) is 0 Å². The number of rotatable bonds is 3. The van der Waals surface area contributed by atoms with E-state index in [2.05, 4.69) is 23.2 Å². The van der Waals surface area contributed by atoms with Gasteiger partial charge in [0.2, 0.25) is 0 Å². The summed E-state index contributed by atoms with van der Waals surface area (Å²) in [6.45, 7) is 0. The number of ether oxygens (including phenoxy) is 1. The smallest absolute Gasteiger partial charge is 0.137 e. The number of fused-ring (bicyclic) bond motifs is 1. The van der Waals surface area contributed by atoms with E-state index in [0.29, 0.717) is 5.75 Å². The zero-order valence-electron chi connectivity index (χ0n) is 10.9. The van der Waals surface area contributed by atoms with Crippen LogP contribution in [-0.4, -0.2) is 17.2 Å². The van der Waals surface area contributed by atoms with Crippen LogP contribution >= 0.6 is 0 Å². The summed E-state index contributed by atoms with van der Waals surface area (Å²) < 4.78 is 5.16. The number of aliphatic hydroxyl groups is 1. The standard InChI is InChI=1S/C16H17NO2/c1-19-13-8-12(9-17-10-13)16(18)15-7-6-11-4-2-3-5-14(11)15/h2-5,8-10,15-16,18H,6-7H2,1H3. The minimum absolute atomic E-state index is 0.158. The summed E-state index contributed by atoms with van der Waals surface area (Å²) in [4.78, 5) is 4.12. The highest BCUT2D eigenvalue weighted by Crippen LogP contribution is 2.41. The quantitative estimate of drug-likeness (QED) is 0.917. The van der Waals surface area contributed by atoms with E-state index in [1.807, 2.05) is 12.1 Å². The summed E-state index contributed by atoms with van der Waals surface area (Å²) >= 11 is 0. The van der Waals surface area contributed by atoms with E-state index < -0.39 is 6.10 Å². The molecule has 0 bridgehead atoms. The first-order valence-electron chi connectivity index (χ1n) is 6.54. The molecule has 2 atom stereocenters. The van der Waals surface area contributed by atoms with Gasteiger partial charge in [-0.2, -0.15) is 0 Å². The SMILES string of the molecule is COc1cncc(C(O)C2CCc3ccccc32)c1. The van der Waals surface area contributed by atoms with E-state index in [-0.39, 0.29) is 5.92 Å². The van der Waals surface area contributed by atoms with Gasteiger partial charge in [0.1, 0.15) is 5.75 Å². The third-order valence-corrected chi connectivity index (χ3v) is 3.87. The van der Waals surface area contributed by atoms with E-state index in [4.69, 9.17) is 4.74 Å². The molecular formula is C16H17NO2. The first-order chi connectivity index (χ1) is 9.29. The molecule has 0 amide bonds. The van der Waals surface area contributed by atoms with E-state index in [9.17, 15) is 5.11 Å². The lowest BCUT2D eigenvalue weighted by atomic mass is 9.91. The molecule has 1 N–H and O–H groups in total. The number of hydrogen-bond acceptors (Lipinski definition) is 3. The lowest BCUT2D eigenvalue weighted by molar-refractivity contribution is 0.144. The monoisotopic (exact) mass is 255 g/mol. The molecule has 0 saturated carbocycles. The number of nitrogens with zero attached hydrogens (tertiary/aromatic N) is 1. The number of hydrogen-bond donors (Lipinski definition) is 1. The largest absolute Gasteiger partial charge is 0.495 e. The van der Waals surface area contributed by atoms with E-state index in [0.717, 1.165) is 18.4 Å². The molecule has 19 heavy (non-hydrogen) atoms. The number of methoxy groups -OCH3 is 1. The number of aliphatic hydroxyl groups excluding tert-OH is 1. The first kappa shape index (κ1) is 12.2. The van der Waals surface area contributed by atoms with Crippen LogP contribution in [0.5, 0.6) is 5.75 Å². The molecule has 0 saturated heterocycles. The Hall–Kier alpha value is -1.87. The molecule has 0 aliphatic heterocycles. The molecule has 2 aromatic rings. The molecule has 1 aromatic carbocycles. The molecule has 1 heterocycles. The van der Waals surface area contributed by atoms with Crippen LogP contribution in [0.25, 0.3) is 0 Å². The van der Waals surface area contributed by atoms with Crippen molar-refractivity contribution in [2.75, 3.05) is 7.11 Å². The Bertz CT molecular complexity index is 582. The Morgan fingerprint density at radius 1 is 1.32 bits per heavy atom. The van der Waals surface area contributed by atoms with Gasteiger partial charge in [0.25, 0.3) is 0 Å². The number of aromatic nitrogens is 1. The lowest BCUT2D eigenvalue weighted by Gasteiger charge is -2.19. The van der Waals surface area contributed by atoms with E-state index in [1.165, 1.54) is 11.1 Å². The third kappa shape index (κ3) is 2.22. The molecule has 0 fully saturated rings. The molecule has 1 aromatic heterocycles. The molecular weight excluding hydrogens is 238 g/mol. The van der Waals surface area contributed by atoms with Crippen molar-refractivity contribution in [1.82, 2.24) is 4.98 Å². The number of pyridine rings is 1. The normalized spacial score (nSPS) is 18.9. The Morgan fingerprint density at radius 3 is 3.00 bits per heavy atom. The van der Waals surface area contributed by atoms with Crippen molar-refractivity contribution in [3.63, 3.8) is 0 Å². The van der Waals surface area contributed by atoms with Gasteiger partial charge in [0.05, 0.1) is 19.4 Å². The van der Waals surface area contributed by atoms with Crippen LogP contribution < -0.4 is 4.74 Å².